The number of nitrogens with one attached hydrogen (secondary N) is 1. The maximum Gasteiger partial charge on any atom is 0.298 e. The van der Waals surface area contributed by atoms with Gasteiger partial charge in [-0.15, -0.1) is 12.4 Å². The number of benzene rings is 1. The number of rotatable bonds is 3. The lowest BCUT2D eigenvalue weighted by Crippen LogP contribution is -2.43. The van der Waals surface area contributed by atoms with E-state index in [2.05, 4.69) is 27.1 Å². The predicted molar refractivity (Wildman–Crippen MR) is 102 cm³/mol. The highest BCUT2D eigenvalue weighted by molar-refractivity contribution is 6.04. The van der Waals surface area contributed by atoms with Crippen LogP contribution in [0.4, 0.5) is 6.01 Å². The van der Waals surface area contributed by atoms with E-state index >= 15 is 0 Å². The zero-order valence-corrected chi connectivity index (χ0v) is 15.8. The molecular weight excluding hydrogens is 356 g/mol. The molecule has 8 heteroatoms. The quantitative estimate of drug-likeness (QED) is 0.877. The van der Waals surface area contributed by atoms with Gasteiger partial charge in [-0.05, 0) is 45.1 Å². The van der Waals surface area contributed by atoms with Crippen LogP contribution in [-0.2, 0) is 4.74 Å². The number of anilines is 1. The van der Waals surface area contributed by atoms with Crippen molar-refractivity contribution in [2.45, 2.75) is 18.9 Å². The first-order chi connectivity index (χ1) is 12.2. The summed E-state index contributed by atoms with van der Waals surface area (Å²) in [4.78, 5) is 21.7. The molecule has 2 aromatic rings. The van der Waals surface area contributed by atoms with Crippen molar-refractivity contribution in [3.63, 3.8) is 0 Å². The van der Waals surface area contributed by atoms with Gasteiger partial charge in [-0.1, -0.05) is 6.07 Å². The number of halogens is 1. The van der Waals surface area contributed by atoms with Crippen molar-refractivity contribution in [1.82, 2.24) is 15.2 Å². The van der Waals surface area contributed by atoms with Gasteiger partial charge in [0.1, 0.15) is 5.52 Å². The highest BCUT2D eigenvalue weighted by Gasteiger charge is 2.23. The summed E-state index contributed by atoms with van der Waals surface area (Å²) in [7, 11) is 2.11. The van der Waals surface area contributed by atoms with Crippen LogP contribution in [0.3, 0.4) is 0 Å². The van der Waals surface area contributed by atoms with Crippen LogP contribution >= 0.6 is 12.4 Å². The first-order valence-corrected chi connectivity index (χ1v) is 8.92. The number of carbonyl (C=O) groups excluding carboxylic acids is 1. The highest BCUT2D eigenvalue weighted by Crippen LogP contribution is 2.25. The van der Waals surface area contributed by atoms with E-state index < -0.39 is 0 Å². The van der Waals surface area contributed by atoms with Crippen molar-refractivity contribution in [3.8, 4) is 0 Å². The Hall–Kier alpha value is -1.83. The summed E-state index contributed by atoms with van der Waals surface area (Å²) < 4.78 is 11.2. The van der Waals surface area contributed by atoms with Crippen LogP contribution in [0.25, 0.3) is 11.1 Å². The summed E-state index contributed by atoms with van der Waals surface area (Å²) in [5.74, 6) is -0.0676. The number of likely N-dealkylation sites (tertiary alicyclic amines) is 1. The average molecular weight is 381 g/mol. The standard InChI is InChI=1S/C18H24N4O3.ClH/c1-21-7-5-13(6-8-21)19-17(23)14-3-2-4-15-16(14)20-18(25-15)22-9-11-24-12-10-22;/h2-4,13H,5-12H2,1H3,(H,19,23);1H. The van der Waals surface area contributed by atoms with Crippen LogP contribution < -0.4 is 10.2 Å². The van der Waals surface area contributed by atoms with Gasteiger partial charge in [0.2, 0.25) is 0 Å². The molecular formula is C18H25ClN4O3. The number of hydrogen-bond donors (Lipinski definition) is 1. The van der Waals surface area contributed by atoms with Gasteiger partial charge in [-0.2, -0.15) is 4.98 Å². The molecule has 1 aromatic heterocycles. The molecule has 0 radical (unpaired) electrons. The third-order valence-corrected chi connectivity index (χ3v) is 4.99. The van der Waals surface area contributed by atoms with E-state index in [0.717, 1.165) is 39.0 Å². The van der Waals surface area contributed by atoms with Crippen molar-refractivity contribution in [1.29, 1.82) is 0 Å². The number of para-hydroxylation sites is 1. The molecule has 7 nitrogen and oxygen atoms in total. The molecule has 142 valence electrons. The molecule has 0 unspecified atom stereocenters. The summed E-state index contributed by atoms with van der Waals surface area (Å²) in [6, 6.07) is 6.32. The Labute approximate surface area is 159 Å². The van der Waals surface area contributed by atoms with Crippen LogP contribution in [0.5, 0.6) is 0 Å². The monoisotopic (exact) mass is 380 g/mol. The Kier molecular flexibility index (Phi) is 6.01. The summed E-state index contributed by atoms with van der Waals surface area (Å²) in [6.45, 7) is 4.87. The Bertz CT molecular complexity index is 752. The fourth-order valence-corrected chi connectivity index (χ4v) is 3.43. The van der Waals surface area contributed by atoms with Crippen molar-refractivity contribution in [2.75, 3.05) is 51.3 Å². The van der Waals surface area contributed by atoms with Crippen molar-refractivity contribution in [3.05, 3.63) is 23.8 Å². The second-order valence-electron chi connectivity index (χ2n) is 6.80. The molecule has 3 heterocycles. The second kappa shape index (κ2) is 8.24. The molecule has 0 spiro atoms. The van der Waals surface area contributed by atoms with Gasteiger partial charge in [0.15, 0.2) is 5.58 Å². The number of ether oxygens (including phenoxy) is 1. The fourth-order valence-electron chi connectivity index (χ4n) is 3.43. The lowest BCUT2D eigenvalue weighted by atomic mass is 10.0. The highest BCUT2D eigenvalue weighted by atomic mass is 35.5. The van der Waals surface area contributed by atoms with E-state index in [4.69, 9.17) is 9.15 Å². The third kappa shape index (κ3) is 3.95. The summed E-state index contributed by atoms with van der Waals surface area (Å²) in [6.07, 6.45) is 1.96. The van der Waals surface area contributed by atoms with Gasteiger partial charge in [0, 0.05) is 19.1 Å². The van der Waals surface area contributed by atoms with E-state index in [9.17, 15) is 4.79 Å². The minimum Gasteiger partial charge on any atom is -0.423 e. The smallest absolute Gasteiger partial charge is 0.298 e. The van der Waals surface area contributed by atoms with Gasteiger partial charge < -0.3 is 24.3 Å². The van der Waals surface area contributed by atoms with E-state index in [1.165, 1.54) is 0 Å². The Balaban J connectivity index is 0.00000196. The average Bonchev–Trinajstić information content (AvgIpc) is 3.08. The Morgan fingerprint density at radius 1 is 1.19 bits per heavy atom. The van der Waals surface area contributed by atoms with E-state index in [-0.39, 0.29) is 24.4 Å². The number of hydrogen-bond acceptors (Lipinski definition) is 6. The van der Waals surface area contributed by atoms with Crippen LogP contribution in [0, 0.1) is 0 Å². The van der Waals surface area contributed by atoms with Crippen LogP contribution in [0.1, 0.15) is 23.2 Å². The maximum absolute atomic E-state index is 12.8. The molecule has 1 amide bonds. The number of oxazole rings is 1. The van der Waals surface area contributed by atoms with Gasteiger partial charge in [0.25, 0.3) is 11.9 Å². The van der Waals surface area contributed by atoms with Gasteiger partial charge in [0.05, 0.1) is 18.8 Å². The predicted octanol–water partition coefficient (Wildman–Crippen LogP) is 1.91. The SMILES string of the molecule is CN1CCC(NC(=O)c2cccc3oc(N4CCOCC4)nc23)CC1.Cl. The molecule has 26 heavy (non-hydrogen) atoms. The normalized spacial score (nSPS) is 19.3. The van der Waals surface area contributed by atoms with Crippen LogP contribution in [-0.4, -0.2) is 68.3 Å². The number of amides is 1. The summed E-state index contributed by atoms with van der Waals surface area (Å²) in [5.41, 5.74) is 1.87. The molecule has 0 saturated carbocycles. The zero-order chi connectivity index (χ0) is 17.2. The van der Waals surface area contributed by atoms with Crippen LogP contribution in [0.15, 0.2) is 22.6 Å². The number of piperidine rings is 1. The molecule has 2 aliphatic heterocycles. The topological polar surface area (TPSA) is 70.8 Å². The molecule has 2 aliphatic rings. The van der Waals surface area contributed by atoms with Crippen molar-refractivity contribution in [2.24, 2.45) is 0 Å². The molecule has 4 rings (SSSR count). The fraction of sp³-hybridized carbons (Fsp3) is 0.556. The zero-order valence-electron chi connectivity index (χ0n) is 14.9. The molecule has 0 atom stereocenters. The van der Waals surface area contributed by atoms with E-state index in [1.807, 2.05) is 18.2 Å². The van der Waals surface area contributed by atoms with E-state index in [0.29, 0.717) is 35.9 Å². The number of aromatic nitrogens is 1. The minimum atomic E-state index is -0.0676. The number of fused-ring (bicyclic) bond motifs is 1. The van der Waals surface area contributed by atoms with Crippen molar-refractivity contribution >= 4 is 35.4 Å². The lowest BCUT2D eigenvalue weighted by molar-refractivity contribution is 0.0918. The Morgan fingerprint density at radius 3 is 2.65 bits per heavy atom. The minimum absolute atomic E-state index is 0. The molecule has 1 N–H and O–H groups in total. The second-order valence-corrected chi connectivity index (χ2v) is 6.80. The molecule has 1 aromatic carbocycles. The van der Waals surface area contributed by atoms with E-state index in [1.54, 1.807) is 0 Å². The van der Waals surface area contributed by atoms with Gasteiger partial charge in [-0.25, -0.2) is 0 Å². The molecule has 0 bridgehead atoms. The molecule has 2 fully saturated rings. The molecule has 0 aliphatic carbocycles. The first kappa shape index (κ1) is 18.9. The number of nitrogens with zero attached hydrogens (tertiary/aromatic N) is 3. The summed E-state index contributed by atoms with van der Waals surface area (Å²) >= 11 is 0. The lowest BCUT2D eigenvalue weighted by Gasteiger charge is -2.29. The largest absolute Gasteiger partial charge is 0.423 e. The van der Waals surface area contributed by atoms with Crippen LogP contribution in [0.2, 0.25) is 0 Å². The molecule has 2 saturated heterocycles. The Morgan fingerprint density at radius 2 is 1.92 bits per heavy atom. The first-order valence-electron chi connectivity index (χ1n) is 8.92. The third-order valence-electron chi connectivity index (χ3n) is 4.99. The maximum atomic E-state index is 12.8. The number of carbonyl (C=O) groups is 1. The number of morpholine rings is 1. The van der Waals surface area contributed by atoms with Crippen molar-refractivity contribution < 1.29 is 13.9 Å². The summed E-state index contributed by atoms with van der Waals surface area (Å²) in [5, 5.41) is 3.16. The van der Waals surface area contributed by atoms with Gasteiger partial charge in [-0.3, -0.25) is 4.79 Å². The van der Waals surface area contributed by atoms with Gasteiger partial charge >= 0.3 is 0 Å².